The predicted molar refractivity (Wildman–Crippen MR) is 64.2 cm³/mol. The monoisotopic (exact) mass is 229 g/mol. The molecule has 0 saturated heterocycles. The van der Waals surface area contributed by atoms with E-state index in [1.807, 2.05) is 11.6 Å². The van der Waals surface area contributed by atoms with Crippen LogP contribution in [0.25, 0.3) is 0 Å². The Morgan fingerprint density at radius 3 is 2.93 bits per heavy atom. The number of hydrogen-bond acceptors (Lipinski definition) is 2. The summed E-state index contributed by atoms with van der Waals surface area (Å²) in [6, 6.07) is 2.13. The van der Waals surface area contributed by atoms with Crippen molar-refractivity contribution in [1.82, 2.24) is 15.1 Å². The molecule has 1 atom stereocenters. The lowest BCUT2D eigenvalue weighted by Crippen LogP contribution is -2.23. The second-order valence-electron chi connectivity index (χ2n) is 3.98. The maximum atomic E-state index is 5.74. The molecule has 3 nitrogen and oxygen atoms in total. The molecule has 0 bridgehead atoms. The SMILES string of the molecule is CCn1nc(C)cc1CNCC(C)CCl. The van der Waals surface area contributed by atoms with E-state index >= 15 is 0 Å². The van der Waals surface area contributed by atoms with Gasteiger partial charge in [-0.1, -0.05) is 6.92 Å². The molecule has 0 saturated carbocycles. The van der Waals surface area contributed by atoms with Crippen molar-refractivity contribution in [2.75, 3.05) is 12.4 Å². The molecule has 0 aliphatic heterocycles. The number of hydrogen-bond donors (Lipinski definition) is 1. The topological polar surface area (TPSA) is 29.9 Å². The lowest BCUT2D eigenvalue weighted by atomic mass is 10.2. The van der Waals surface area contributed by atoms with E-state index in [9.17, 15) is 0 Å². The summed E-state index contributed by atoms with van der Waals surface area (Å²) in [4.78, 5) is 0. The Bertz CT molecular complexity index is 296. The molecule has 0 aliphatic rings. The highest BCUT2D eigenvalue weighted by molar-refractivity contribution is 6.18. The van der Waals surface area contributed by atoms with Crippen LogP contribution in [-0.4, -0.2) is 22.2 Å². The molecule has 1 unspecified atom stereocenters. The van der Waals surface area contributed by atoms with Crippen molar-refractivity contribution in [1.29, 1.82) is 0 Å². The molecule has 1 heterocycles. The molecule has 1 aromatic heterocycles. The molecule has 1 rings (SSSR count). The Balaban J connectivity index is 2.42. The Labute approximate surface area is 96.8 Å². The quantitative estimate of drug-likeness (QED) is 0.758. The first-order valence-corrected chi connectivity index (χ1v) is 6.00. The van der Waals surface area contributed by atoms with Gasteiger partial charge in [-0.25, -0.2) is 0 Å². The van der Waals surface area contributed by atoms with Crippen LogP contribution < -0.4 is 5.32 Å². The second kappa shape index (κ2) is 6.13. The lowest BCUT2D eigenvalue weighted by Gasteiger charge is -2.09. The van der Waals surface area contributed by atoms with Gasteiger partial charge in [0.05, 0.1) is 11.4 Å². The van der Waals surface area contributed by atoms with Crippen LogP contribution in [0, 0.1) is 12.8 Å². The van der Waals surface area contributed by atoms with E-state index in [0.717, 1.165) is 25.3 Å². The molecule has 1 aromatic rings. The van der Waals surface area contributed by atoms with Crippen LogP contribution in [0.1, 0.15) is 25.2 Å². The van der Waals surface area contributed by atoms with Crippen LogP contribution in [0.2, 0.25) is 0 Å². The van der Waals surface area contributed by atoms with Crippen LogP contribution in [0.4, 0.5) is 0 Å². The largest absolute Gasteiger partial charge is 0.311 e. The highest BCUT2D eigenvalue weighted by Gasteiger charge is 2.04. The van der Waals surface area contributed by atoms with E-state index < -0.39 is 0 Å². The summed E-state index contributed by atoms with van der Waals surface area (Å²) in [7, 11) is 0. The molecular weight excluding hydrogens is 210 g/mol. The highest BCUT2D eigenvalue weighted by atomic mass is 35.5. The van der Waals surface area contributed by atoms with Crippen molar-refractivity contribution in [3.05, 3.63) is 17.5 Å². The van der Waals surface area contributed by atoms with E-state index in [1.54, 1.807) is 0 Å². The second-order valence-corrected chi connectivity index (χ2v) is 4.29. The molecule has 0 amide bonds. The minimum atomic E-state index is 0.519. The molecule has 0 aromatic carbocycles. The summed E-state index contributed by atoms with van der Waals surface area (Å²) in [5.74, 6) is 1.23. The number of halogens is 1. The Hall–Kier alpha value is -0.540. The highest BCUT2D eigenvalue weighted by Crippen LogP contribution is 2.04. The van der Waals surface area contributed by atoms with Gasteiger partial charge in [-0.05, 0) is 32.4 Å². The third-order valence-electron chi connectivity index (χ3n) is 2.35. The third kappa shape index (κ3) is 3.84. The third-order valence-corrected chi connectivity index (χ3v) is 2.87. The zero-order chi connectivity index (χ0) is 11.3. The summed E-state index contributed by atoms with van der Waals surface area (Å²) in [5, 5.41) is 7.79. The molecule has 4 heteroatoms. The summed E-state index contributed by atoms with van der Waals surface area (Å²) >= 11 is 5.74. The van der Waals surface area contributed by atoms with Crippen molar-refractivity contribution in [2.45, 2.75) is 33.9 Å². The smallest absolute Gasteiger partial charge is 0.0597 e. The standard InChI is InChI=1S/C11H20ClN3/c1-4-15-11(5-10(3)14-15)8-13-7-9(2)6-12/h5,9,13H,4,6-8H2,1-3H3. The molecule has 1 N–H and O–H groups in total. The van der Waals surface area contributed by atoms with Crippen LogP contribution in [0.15, 0.2) is 6.07 Å². The van der Waals surface area contributed by atoms with Gasteiger partial charge in [0.15, 0.2) is 0 Å². The predicted octanol–water partition coefficient (Wildman–Crippen LogP) is 2.18. The van der Waals surface area contributed by atoms with Gasteiger partial charge in [-0.3, -0.25) is 4.68 Å². The number of aromatic nitrogens is 2. The van der Waals surface area contributed by atoms with E-state index in [2.05, 4.69) is 30.3 Å². The van der Waals surface area contributed by atoms with E-state index in [4.69, 9.17) is 11.6 Å². The summed E-state index contributed by atoms with van der Waals surface area (Å²) in [6.45, 7) is 9.03. The molecule has 86 valence electrons. The molecule has 0 radical (unpaired) electrons. The van der Waals surface area contributed by atoms with Crippen LogP contribution in [-0.2, 0) is 13.1 Å². The van der Waals surface area contributed by atoms with Gasteiger partial charge in [-0.15, -0.1) is 11.6 Å². The van der Waals surface area contributed by atoms with Gasteiger partial charge in [-0.2, -0.15) is 5.10 Å². The van der Waals surface area contributed by atoms with Crippen LogP contribution >= 0.6 is 11.6 Å². The fraction of sp³-hybridized carbons (Fsp3) is 0.727. The average Bonchev–Trinajstić information content (AvgIpc) is 2.58. The Morgan fingerprint density at radius 2 is 2.33 bits per heavy atom. The first kappa shape index (κ1) is 12.5. The minimum Gasteiger partial charge on any atom is -0.311 e. The normalized spacial score (nSPS) is 13.1. The van der Waals surface area contributed by atoms with Gasteiger partial charge in [0.2, 0.25) is 0 Å². The first-order chi connectivity index (χ1) is 7.17. The average molecular weight is 230 g/mol. The zero-order valence-electron chi connectivity index (χ0n) is 9.76. The van der Waals surface area contributed by atoms with Crippen molar-refractivity contribution in [3.8, 4) is 0 Å². The number of rotatable bonds is 6. The maximum absolute atomic E-state index is 5.74. The Morgan fingerprint density at radius 1 is 1.60 bits per heavy atom. The van der Waals surface area contributed by atoms with E-state index in [0.29, 0.717) is 11.8 Å². The maximum Gasteiger partial charge on any atom is 0.0597 e. The van der Waals surface area contributed by atoms with Crippen molar-refractivity contribution >= 4 is 11.6 Å². The molecular formula is C11H20ClN3. The molecule has 0 spiro atoms. The van der Waals surface area contributed by atoms with Gasteiger partial charge >= 0.3 is 0 Å². The van der Waals surface area contributed by atoms with Gasteiger partial charge in [0.25, 0.3) is 0 Å². The lowest BCUT2D eigenvalue weighted by molar-refractivity contribution is 0.528. The minimum absolute atomic E-state index is 0.519. The molecule has 15 heavy (non-hydrogen) atoms. The first-order valence-electron chi connectivity index (χ1n) is 5.47. The summed E-state index contributed by atoms with van der Waals surface area (Å²) in [5.41, 5.74) is 2.33. The molecule has 0 aliphatic carbocycles. The number of alkyl halides is 1. The fourth-order valence-corrected chi connectivity index (χ4v) is 1.63. The zero-order valence-corrected chi connectivity index (χ0v) is 10.5. The van der Waals surface area contributed by atoms with Gasteiger partial charge in [0, 0.05) is 19.0 Å². The van der Waals surface area contributed by atoms with E-state index in [-0.39, 0.29) is 0 Å². The number of nitrogens with zero attached hydrogens (tertiary/aromatic N) is 2. The number of aryl methyl sites for hydroxylation is 2. The Kier molecular flexibility index (Phi) is 5.12. The van der Waals surface area contributed by atoms with Crippen molar-refractivity contribution < 1.29 is 0 Å². The fourth-order valence-electron chi connectivity index (χ4n) is 1.52. The number of nitrogens with one attached hydrogen (secondary N) is 1. The summed E-state index contributed by atoms with van der Waals surface area (Å²) < 4.78 is 2.04. The molecule has 0 fully saturated rings. The van der Waals surface area contributed by atoms with Crippen LogP contribution in [0.5, 0.6) is 0 Å². The van der Waals surface area contributed by atoms with E-state index in [1.165, 1.54) is 5.69 Å². The summed E-state index contributed by atoms with van der Waals surface area (Å²) in [6.07, 6.45) is 0. The van der Waals surface area contributed by atoms with Gasteiger partial charge in [0.1, 0.15) is 0 Å². The van der Waals surface area contributed by atoms with Crippen molar-refractivity contribution in [3.63, 3.8) is 0 Å². The van der Waals surface area contributed by atoms with Crippen LogP contribution in [0.3, 0.4) is 0 Å². The van der Waals surface area contributed by atoms with Crippen molar-refractivity contribution in [2.24, 2.45) is 5.92 Å². The van der Waals surface area contributed by atoms with Gasteiger partial charge < -0.3 is 5.32 Å².